The fourth-order valence-electron chi connectivity index (χ4n) is 1.90. The van der Waals surface area contributed by atoms with Crippen molar-refractivity contribution in [3.63, 3.8) is 0 Å². The van der Waals surface area contributed by atoms with Crippen LogP contribution in [0.2, 0.25) is 0 Å². The average Bonchev–Trinajstić information content (AvgIpc) is 2.35. The molecule has 0 aliphatic heterocycles. The van der Waals surface area contributed by atoms with Crippen molar-refractivity contribution in [3.8, 4) is 0 Å². The van der Waals surface area contributed by atoms with Crippen LogP contribution < -0.4 is 5.32 Å². The molecule has 1 N–H and O–H groups in total. The molecular formula is C14H13F3N2O. The van der Waals surface area contributed by atoms with Gasteiger partial charge in [0, 0.05) is 5.39 Å². The Kier molecular flexibility index (Phi) is 3.65. The Bertz CT molecular complexity index is 665. The minimum atomic E-state index is -4.43. The van der Waals surface area contributed by atoms with E-state index in [1.165, 1.54) is 0 Å². The molecule has 1 heterocycles. The average molecular weight is 282 g/mol. The maximum atomic E-state index is 12.1. The number of nitrogens with zero attached hydrogens (tertiary/aromatic N) is 1. The van der Waals surface area contributed by atoms with Crippen molar-refractivity contribution in [2.24, 2.45) is 0 Å². The summed E-state index contributed by atoms with van der Waals surface area (Å²) in [6.07, 6.45) is -4.43. The summed E-state index contributed by atoms with van der Waals surface area (Å²) in [5, 5.41) is 2.58. The van der Waals surface area contributed by atoms with Crippen molar-refractivity contribution in [1.82, 2.24) is 10.3 Å². The predicted molar refractivity (Wildman–Crippen MR) is 69.6 cm³/mol. The zero-order chi connectivity index (χ0) is 14.9. The third-order valence-electron chi connectivity index (χ3n) is 2.85. The van der Waals surface area contributed by atoms with Gasteiger partial charge in [-0.05, 0) is 32.0 Å². The lowest BCUT2D eigenvalue weighted by Gasteiger charge is -2.10. The first-order valence-electron chi connectivity index (χ1n) is 5.99. The van der Waals surface area contributed by atoms with E-state index in [1.807, 2.05) is 30.4 Å². The van der Waals surface area contributed by atoms with Crippen LogP contribution in [0.4, 0.5) is 13.2 Å². The number of aromatic nitrogens is 1. The quantitative estimate of drug-likeness (QED) is 0.919. The zero-order valence-corrected chi connectivity index (χ0v) is 11.0. The molecule has 1 aromatic heterocycles. The highest BCUT2D eigenvalue weighted by atomic mass is 19.4. The molecule has 6 heteroatoms. The van der Waals surface area contributed by atoms with Crippen molar-refractivity contribution < 1.29 is 18.0 Å². The molecule has 0 atom stereocenters. The number of benzene rings is 1. The third kappa shape index (κ3) is 3.26. The number of aryl methyl sites for hydroxylation is 2. The summed E-state index contributed by atoms with van der Waals surface area (Å²) in [5.41, 5.74) is 2.26. The van der Waals surface area contributed by atoms with Crippen LogP contribution in [0.3, 0.4) is 0 Å². The first-order chi connectivity index (χ1) is 9.26. The van der Waals surface area contributed by atoms with Crippen molar-refractivity contribution >= 4 is 16.8 Å². The highest BCUT2D eigenvalue weighted by Crippen LogP contribution is 2.19. The maximum Gasteiger partial charge on any atom is 0.405 e. The van der Waals surface area contributed by atoms with Crippen LogP contribution in [0.1, 0.15) is 21.6 Å². The lowest BCUT2D eigenvalue weighted by atomic mass is 10.1. The van der Waals surface area contributed by atoms with E-state index >= 15 is 0 Å². The number of carbonyl (C=O) groups excluding carboxylic acids is 1. The smallest absolute Gasteiger partial charge is 0.343 e. The van der Waals surface area contributed by atoms with E-state index in [-0.39, 0.29) is 5.56 Å². The molecule has 2 aromatic rings. The van der Waals surface area contributed by atoms with Gasteiger partial charge >= 0.3 is 6.18 Å². The molecule has 106 valence electrons. The van der Waals surface area contributed by atoms with Crippen LogP contribution in [-0.2, 0) is 0 Å². The van der Waals surface area contributed by atoms with Crippen molar-refractivity contribution in [1.29, 1.82) is 0 Å². The van der Waals surface area contributed by atoms with E-state index in [9.17, 15) is 18.0 Å². The van der Waals surface area contributed by atoms with Crippen molar-refractivity contribution in [2.75, 3.05) is 6.54 Å². The van der Waals surface area contributed by atoms with Gasteiger partial charge in [0.15, 0.2) is 0 Å². The fourth-order valence-corrected chi connectivity index (χ4v) is 1.90. The van der Waals surface area contributed by atoms with Gasteiger partial charge < -0.3 is 5.32 Å². The molecule has 0 spiro atoms. The van der Waals surface area contributed by atoms with Crippen LogP contribution in [0.5, 0.6) is 0 Å². The Morgan fingerprint density at radius 3 is 2.60 bits per heavy atom. The number of nitrogens with one attached hydrogen (secondary N) is 1. The molecule has 0 unspecified atom stereocenters. The number of pyridine rings is 1. The highest BCUT2D eigenvalue weighted by molar-refractivity contribution is 5.98. The minimum Gasteiger partial charge on any atom is -0.343 e. The van der Waals surface area contributed by atoms with Crippen LogP contribution in [0.25, 0.3) is 10.9 Å². The second kappa shape index (κ2) is 5.11. The van der Waals surface area contributed by atoms with Gasteiger partial charge in [0.05, 0.1) is 16.8 Å². The van der Waals surface area contributed by atoms with E-state index in [2.05, 4.69) is 4.98 Å². The fraction of sp³-hybridized carbons (Fsp3) is 0.286. The number of amides is 1. The standard InChI is InChI=1S/C14H13F3N2O/c1-8-3-4-12-10(5-8)6-11(9(2)19-12)13(20)18-7-14(15,16)17/h3-6H,7H2,1-2H3,(H,18,20). The Balaban J connectivity index is 2.33. The van der Waals surface area contributed by atoms with Crippen LogP contribution in [-0.4, -0.2) is 23.6 Å². The lowest BCUT2D eigenvalue weighted by molar-refractivity contribution is -0.123. The minimum absolute atomic E-state index is 0.160. The Morgan fingerprint density at radius 1 is 1.25 bits per heavy atom. The second-order valence-electron chi connectivity index (χ2n) is 4.62. The Morgan fingerprint density at radius 2 is 1.95 bits per heavy atom. The lowest BCUT2D eigenvalue weighted by Crippen LogP contribution is -2.34. The number of fused-ring (bicyclic) bond motifs is 1. The molecule has 0 aliphatic rings. The van der Waals surface area contributed by atoms with E-state index in [4.69, 9.17) is 0 Å². The van der Waals surface area contributed by atoms with Gasteiger partial charge in [-0.25, -0.2) is 0 Å². The van der Waals surface area contributed by atoms with Crippen molar-refractivity contribution in [3.05, 3.63) is 41.1 Å². The molecule has 1 amide bonds. The first-order valence-corrected chi connectivity index (χ1v) is 5.99. The van der Waals surface area contributed by atoms with Crippen LogP contribution in [0.15, 0.2) is 24.3 Å². The highest BCUT2D eigenvalue weighted by Gasteiger charge is 2.28. The molecular weight excluding hydrogens is 269 g/mol. The predicted octanol–water partition coefficient (Wildman–Crippen LogP) is 3.14. The number of alkyl halides is 3. The summed E-state index contributed by atoms with van der Waals surface area (Å²) >= 11 is 0. The molecule has 0 saturated heterocycles. The van der Waals surface area contributed by atoms with Crippen LogP contribution in [0, 0.1) is 13.8 Å². The summed E-state index contributed by atoms with van der Waals surface area (Å²) in [7, 11) is 0. The number of halogens is 3. The topological polar surface area (TPSA) is 42.0 Å². The molecule has 20 heavy (non-hydrogen) atoms. The summed E-state index contributed by atoms with van der Waals surface area (Å²) in [6.45, 7) is 2.14. The molecule has 0 fully saturated rings. The maximum absolute atomic E-state index is 12.1. The first kappa shape index (κ1) is 14.3. The zero-order valence-electron chi connectivity index (χ0n) is 11.0. The number of hydrogen-bond acceptors (Lipinski definition) is 2. The SMILES string of the molecule is Cc1ccc2nc(C)c(C(=O)NCC(F)(F)F)cc2c1. The largest absolute Gasteiger partial charge is 0.405 e. The summed E-state index contributed by atoms with van der Waals surface area (Å²) in [4.78, 5) is 16.0. The van der Waals surface area contributed by atoms with E-state index in [1.54, 1.807) is 13.0 Å². The summed E-state index contributed by atoms with van der Waals surface area (Å²) < 4.78 is 36.3. The Hall–Kier alpha value is -2.11. The monoisotopic (exact) mass is 282 g/mol. The Labute approximate surface area is 113 Å². The van der Waals surface area contributed by atoms with E-state index < -0.39 is 18.6 Å². The molecule has 3 nitrogen and oxygen atoms in total. The van der Waals surface area contributed by atoms with Crippen molar-refractivity contribution in [2.45, 2.75) is 20.0 Å². The molecule has 0 bridgehead atoms. The van der Waals surface area contributed by atoms with Gasteiger partial charge in [-0.2, -0.15) is 13.2 Å². The van der Waals surface area contributed by atoms with Gasteiger partial charge in [-0.15, -0.1) is 0 Å². The van der Waals surface area contributed by atoms with Gasteiger partial charge in [-0.1, -0.05) is 11.6 Å². The number of rotatable bonds is 2. The summed E-state index contributed by atoms with van der Waals surface area (Å²) in [6, 6.07) is 7.10. The van der Waals surface area contributed by atoms with Gasteiger partial charge in [0.1, 0.15) is 6.54 Å². The second-order valence-corrected chi connectivity index (χ2v) is 4.62. The van der Waals surface area contributed by atoms with E-state index in [0.717, 1.165) is 10.9 Å². The van der Waals surface area contributed by atoms with Gasteiger partial charge in [0.2, 0.25) is 0 Å². The van der Waals surface area contributed by atoms with Crippen LogP contribution >= 0.6 is 0 Å². The van der Waals surface area contributed by atoms with E-state index in [0.29, 0.717) is 11.2 Å². The van der Waals surface area contributed by atoms with Gasteiger partial charge in [0.25, 0.3) is 5.91 Å². The normalized spacial score (nSPS) is 11.7. The molecule has 0 radical (unpaired) electrons. The van der Waals surface area contributed by atoms with Gasteiger partial charge in [-0.3, -0.25) is 9.78 Å². The molecule has 0 aliphatic carbocycles. The number of hydrogen-bond donors (Lipinski definition) is 1. The number of carbonyl (C=O) groups is 1. The summed E-state index contributed by atoms with van der Waals surface area (Å²) in [5.74, 6) is -0.768. The molecule has 2 rings (SSSR count). The molecule has 1 aromatic carbocycles. The molecule has 0 saturated carbocycles. The third-order valence-corrected chi connectivity index (χ3v) is 2.85.